The van der Waals surface area contributed by atoms with Crippen LogP contribution in [0, 0.1) is 6.92 Å². The number of hydrogen-bond donors (Lipinski definition) is 1. The van der Waals surface area contributed by atoms with E-state index in [1.165, 1.54) is 0 Å². The summed E-state index contributed by atoms with van der Waals surface area (Å²) in [5.74, 6) is 1.30. The molecule has 0 saturated heterocycles. The maximum absolute atomic E-state index is 12.3. The number of carbonyl (C=O) groups excluding carboxylic acids is 1. The Morgan fingerprint density at radius 1 is 1.27 bits per heavy atom. The van der Waals surface area contributed by atoms with Crippen LogP contribution in [0.5, 0.6) is 11.5 Å². The topological polar surface area (TPSA) is 55.8 Å². The van der Waals surface area contributed by atoms with Crippen LogP contribution in [-0.4, -0.2) is 18.0 Å². The lowest BCUT2D eigenvalue weighted by molar-refractivity contribution is 0.101. The molecule has 0 amide bonds. The molecular weight excluding hydrogens is 280 g/mol. The van der Waals surface area contributed by atoms with E-state index in [0.717, 1.165) is 11.1 Å². The molecule has 0 bridgehead atoms. The fourth-order valence-electron chi connectivity index (χ4n) is 2.48. The third-order valence-corrected chi connectivity index (χ3v) is 3.72. The number of benzene rings is 2. The van der Waals surface area contributed by atoms with Crippen LogP contribution >= 0.6 is 0 Å². The molecule has 3 rings (SSSR count). The molecule has 0 aliphatic carbocycles. The summed E-state index contributed by atoms with van der Waals surface area (Å²) in [6.45, 7) is 1.83. The highest BCUT2D eigenvalue weighted by molar-refractivity contribution is 6.14. The van der Waals surface area contributed by atoms with Crippen LogP contribution in [0.25, 0.3) is 6.08 Å². The first-order valence-electron chi connectivity index (χ1n) is 6.95. The third kappa shape index (κ3) is 2.38. The van der Waals surface area contributed by atoms with Crippen molar-refractivity contribution >= 4 is 11.9 Å². The van der Waals surface area contributed by atoms with Crippen molar-refractivity contribution in [2.45, 2.75) is 13.5 Å². The second-order valence-electron chi connectivity index (χ2n) is 5.11. The molecule has 0 atom stereocenters. The summed E-state index contributed by atoms with van der Waals surface area (Å²) in [5, 5.41) is 9.40. The maximum Gasteiger partial charge on any atom is 0.231 e. The van der Waals surface area contributed by atoms with E-state index >= 15 is 0 Å². The van der Waals surface area contributed by atoms with Gasteiger partial charge in [-0.2, -0.15) is 0 Å². The molecule has 1 aliphatic heterocycles. The first kappa shape index (κ1) is 14.4. The highest BCUT2D eigenvalue weighted by Gasteiger charge is 2.27. The second kappa shape index (κ2) is 5.66. The SMILES string of the molecule is COc1cc(C)c(CO)cc1/C=C1\Oc2ccccc2C1=O. The fourth-order valence-corrected chi connectivity index (χ4v) is 2.48. The number of ether oxygens (including phenoxy) is 2. The molecule has 2 aromatic carbocycles. The van der Waals surface area contributed by atoms with Crippen molar-refractivity contribution in [3.8, 4) is 11.5 Å². The molecule has 2 aromatic rings. The van der Waals surface area contributed by atoms with Gasteiger partial charge in [0.05, 0.1) is 19.3 Å². The molecule has 4 heteroatoms. The standard InChI is InChI=1S/C18H16O4/c1-11-7-16(21-2)12(8-13(11)10-19)9-17-18(20)14-5-3-4-6-15(14)22-17/h3-9,19H,10H2,1-2H3/b17-9-. The van der Waals surface area contributed by atoms with Crippen molar-refractivity contribution in [3.05, 3.63) is 64.4 Å². The monoisotopic (exact) mass is 296 g/mol. The summed E-state index contributed by atoms with van der Waals surface area (Å²) in [7, 11) is 1.57. The van der Waals surface area contributed by atoms with E-state index in [1.807, 2.05) is 19.1 Å². The van der Waals surface area contributed by atoms with Gasteiger partial charge in [-0.05, 0) is 48.4 Å². The number of Topliss-reactive ketones (excluding diaryl/α,β-unsaturated/α-hetero) is 1. The van der Waals surface area contributed by atoms with Gasteiger partial charge in [0.2, 0.25) is 5.78 Å². The Morgan fingerprint density at radius 2 is 2.05 bits per heavy atom. The van der Waals surface area contributed by atoms with Gasteiger partial charge in [0.1, 0.15) is 11.5 Å². The minimum absolute atomic E-state index is 0.0684. The van der Waals surface area contributed by atoms with Gasteiger partial charge in [-0.1, -0.05) is 12.1 Å². The number of aryl methyl sites for hydroxylation is 1. The highest BCUT2D eigenvalue weighted by Crippen LogP contribution is 2.33. The second-order valence-corrected chi connectivity index (χ2v) is 5.11. The average Bonchev–Trinajstić information content (AvgIpc) is 2.85. The fraction of sp³-hybridized carbons (Fsp3) is 0.167. The number of para-hydroxylation sites is 1. The number of methoxy groups -OCH3 is 1. The smallest absolute Gasteiger partial charge is 0.231 e. The maximum atomic E-state index is 12.3. The lowest BCUT2D eigenvalue weighted by Crippen LogP contribution is -2.00. The zero-order chi connectivity index (χ0) is 15.7. The van der Waals surface area contributed by atoms with Gasteiger partial charge >= 0.3 is 0 Å². The van der Waals surface area contributed by atoms with E-state index in [2.05, 4.69) is 0 Å². The summed E-state index contributed by atoms with van der Waals surface area (Å²) < 4.78 is 11.0. The van der Waals surface area contributed by atoms with Crippen molar-refractivity contribution in [2.75, 3.05) is 7.11 Å². The molecular formula is C18H16O4. The highest BCUT2D eigenvalue weighted by atomic mass is 16.5. The molecule has 0 fully saturated rings. The Bertz CT molecular complexity index is 775. The Morgan fingerprint density at radius 3 is 2.73 bits per heavy atom. The van der Waals surface area contributed by atoms with E-state index in [9.17, 15) is 9.90 Å². The quantitative estimate of drug-likeness (QED) is 0.884. The van der Waals surface area contributed by atoms with Gasteiger partial charge in [0, 0.05) is 5.56 Å². The summed E-state index contributed by atoms with van der Waals surface area (Å²) >= 11 is 0. The van der Waals surface area contributed by atoms with Gasteiger partial charge in [-0.15, -0.1) is 0 Å². The minimum Gasteiger partial charge on any atom is -0.496 e. The molecule has 0 unspecified atom stereocenters. The molecule has 0 aromatic heterocycles. The van der Waals surface area contributed by atoms with Gasteiger partial charge in [-0.3, -0.25) is 4.79 Å². The van der Waals surface area contributed by atoms with E-state index in [4.69, 9.17) is 9.47 Å². The molecule has 0 saturated carbocycles. The molecule has 1 aliphatic rings. The third-order valence-electron chi connectivity index (χ3n) is 3.72. The Balaban J connectivity index is 2.05. The number of rotatable bonds is 3. The van der Waals surface area contributed by atoms with Crippen LogP contribution in [0.15, 0.2) is 42.2 Å². The zero-order valence-corrected chi connectivity index (χ0v) is 12.4. The molecule has 0 spiro atoms. The predicted molar refractivity (Wildman–Crippen MR) is 83.0 cm³/mol. The molecule has 22 heavy (non-hydrogen) atoms. The van der Waals surface area contributed by atoms with Gasteiger partial charge in [0.15, 0.2) is 5.76 Å². The first-order valence-corrected chi connectivity index (χ1v) is 6.95. The molecule has 4 nitrogen and oxygen atoms in total. The Kier molecular flexibility index (Phi) is 3.69. The average molecular weight is 296 g/mol. The summed E-state index contributed by atoms with van der Waals surface area (Å²) in [6.07, 6.45) is 1.65. The number of allylic oxidation sites excluding steroid dienone is 1. The number of fused-ring (bicyclic) bond motifs is 1. The molecule has 1 heterocycles. The van der Waals surface area contributed by atoms with E-state index in [-0.39, 0.29) is 18.1 Å². The zero-order valence-electron chi connectivity index (χ0n) is 12.4. The molecule has 112 valence electrons. The van der Waals surface area contributed by atoms with Crippen LogP contribution in [0.2, 0.25) is 0 Å². The number of aliphatic hydroxyl groups is 1. The number of hydrogen-bond acceptors (Lipinski definition) is 4. The van der Waals surface area contributed by atoms with Crippen LogP contribution in [0.4, 0.5) is 0 Å². The summed E-state index contributed by atoms with van der Waals surface area (Å²) in [5.41, 5.74) is 2.98. The van der Waals surface area contributed by atoms with Crippen LogP contribution in [-0.2, 0) is 6.61 Å². The number of aliphatic hydroxyl groups excluding tert-OH is 1. The Labute approximate surface area is 128 Å². The lowest BCUT2D eigenvalue weighted by Gasteiger charge is -2.10. The van der Waals surface area contributed by atoms with E-state index in [0.29, 0.717) is 22.6 Å². The number of ketones is 1. The summed E-state index contributed by atoms with van der Waals surface area (Å²) in [4.78, 5) is 12.3. The normalized spacial score (nSPS) is 14.9. The summed E-state index contributed by atoms with van der Waals surface area (Å²) in [6, 6.07) is 10.8. The van der Waals surface area contributed by atoms with E-state index < -0.39 is 0 Å². The van der Waals surface area contributed by atoms with Crippen LogP contribution < -0.4 is 9.47 Å². The van der Waals surface area contributed by atoms with E-state index in [1.54, 1.807) is 37.5 Å². The number of carbonyl (C=O) groups is 1. The van der Waals surface area contributed by atoms with Gasteiger partial charge < -0.3 is 14.6 Å². The van der Waals surface area contributed by atoms with Gasteiger partial charge in [-0.25, -0.2) is 0 Å². The van der Waals surface area contributed by atoms with Crippen molar-refractivity contribution in [1.29, 1.82) is 0 Å². The molecule has 1 N–H and O–H groups in total. The van der Waals surface area contributed by atoms with Crippen molar-refractivity contribution in [2.24, 2.45) is 0 Å². The minimum atomic E-state index is -0.149. The largest absolute Gasteiger partial charge is 0.496 e. The van der Waals surface area contributed by atoms with Crippen LogP contribution in [0.1, 0.15) is 27.0 Å². The lowest BCUT2D eigenvalue weighted by atomic mass is 10.0. The van der Waals surface area contributed by atoms with Crippen molar-refractivity contribution < 1.29 is 19.4 Å². The van der Waals surface area contributed by atoms with Gasteiger partial charge in [0.25, 0.3) is 0 Å². The predicted octanol–water partition coefficient (Wildman–Crippen LogP) is 3.11. The van der Waals surface area contributed by atoms with Crippen molar-refractivity contribution in [1.82, 2.24) is 0 Å². The van der Waals surface area contributed by atoms with Crippen LogP contribution in [0.3, 0.4) is 0 Å². The van der Waals surface area contributed by atoms with Crippen molar-refractivity contribution in [3.63, 3.8) is 0 Å². The molecule has 0 radical (unpaired) electrons. The Hall–Kier alpha value is -2.59. The first-order chi connectivity index (χ1) is 10.6.